The fourth-order valence-corrected chi connectivity index (χ4v) is 3.55. The Morgan fingerprint density at radius 1 is 0.500 bits per heavy atom. The molecule has 1 N–H and O–H groups in total. The molecule has 28 heavy (non-hydrogen) atoms. The van der Waals surface area contributed by atoms with E-state index in [0.29, 0.717) is 13.2 Å². The van der Waals surface area contributed by atoms with Crippen LogP contribution >= 0.6 is 0 Å². The fraction of sp³-hybridized carbons (Fsp3) is 1.00. The second-order valence-corrected chi connectivity index (χ2v) is 8.51. The van der Waals surface area contributed by atoms with Gasteiger partial charge in [-0.2, -0.15) is 0 Å². The Labute approximate surface area is 177 Å². The summed E-state index contributed by atoms with van der Waals surface area (Å²) in [7, 11) is 0. The lowest BCUT2D eigenvalue weighted by molar-refractivity contribution is -0.190. The van der Waals surface area contributed by atoms with E-state index in [2.05, 4.69) is 13.8 Å². The van der Waals surface area contributed by atoms with Crippen LogP contribution in [-0.4, -0.2) is 30.7 Å². The van der Waals surface area contributed by atoms with E-state index < -0.39 is 12.4 Å². The zero-order valence-electron chi connectivity index (χ0n) is 19.6. The molecule has 0 saturated carbocycles. The minimum atomic E-state index is -0.558. The van der Waals surface area contributed by atoms with Crippen molar-refractivity contribution < 1.29 is 14.6 Å². The zero-order chi connectivity index (χ0) is 20.7. The molecule has 0 aliphatic carbocycles. The Morgan fingerprint density at radius 3 is 1.07 bits per heavy atom. The van der Waals surface area contributed by atoms with Crippen molar-refractivity contribution in [2.45, 2.75) is 149 Å². The van der Waals surface area contributed by atoms with Crippen LogP contribution in [0, 0.1) is 0 Å². The molecule has 0 saturated heterocycles. The molecule has 0 bridgehead atoms. The summed E-state index contributed by atoms with van der Waals surface area (Å²) < 4.78 is 11.5. The minimum absolute atomic E-state index is 0.455. The molecule has 1 unspecified atom stereocenters. The molecule has 0 radical (unpaired) electrons. The van der Waals surface area contributed by atoms with E-state index >= 15 is 0 Å². The Kier molecular flexibility index (Phi) is 23.1. The van der Waals surface area contributed by atoms with Crippen LogP contribution < -0.4 is 0 Å². The summed E-state index contributed by atoms with van der Waals surface area (Å²) in [6.45, 7) is 7.69. The summed E-state index contributed by atoms with van der Waals surface area (Å²) in [5.74, 6) is 0. The highest BCUT2D eigenvalue weighted by atomic mass is 16.7. The molecule has 0 spiro atoms. The van der Waals surface area contributed by atoms with Crippen molar-refractivity contribution in [1.29, 1.82) is 0 Å². The zero-order valence-corrected chi connectivity index (χ0v) is 19.6. The summed E-state index contributed by atoms with van der Waals surface area (Å²) in [4.78, 5) is 0. The number of hydrogen-bond donors (Lipinski definition) is 1. The Bertz CT molecular complexity index is 257. The molecule has 0 aliphatic heterocycles. The lowest BCUT2D eigenvalue weighted by atomic mass is 10.1. The molecule has 1 atom stereocenters. The van der Waals surface area contributed by atoms with Gasteiger partial charge in [0.15, 0.2) is 6.29 Å². The molecule has 170 valence electrons. The van der Waals surface area contributed by atoms with Crippen LogP contribution in [0.4, 0.5) is 0 Å². The molecule has 0 rings (SSSR count). The normalized spacial score (nSPS) is 12.8. The second-order valence-electron chi connectivity index (χ2n) is 8.51. The van der Waals surface area contributed by atoms with Gasteiger partial charge in [0, 0.05) is 13.2 Å². The SMILES string of the molecule is CCCCCCCCCCCOC(OCCCCCCCCCCC)C(C)O. The van der Waals surface area contributed by atoms with Gasteiger partial charge in [-0.1, -0.05) is 117 Å². The molecule has 0 aromatic carbocycles. The molecule has 3 heteroatoms. The number of hydrogen-bond acceptors (Lipinski definition) is 3. The molecule has 0 fully saturated rings. The lowest BCUT2D eigenvalue weighted by Gasteiger charge is -2.21. The van der Waals surface area contributed by atoms with E-state index in [4.69, 9.17) is 9.47 Å². The van der Waals surface area contributed by atoms with E-state index in [1.54, 1.807) is 6.92 Å². The van der Waals surface area contributed by atoms with Crippen molar-refractivity contribution in [1.82, 2.24) is 0 Å². The summed E-state index contributed by atoms with van der Waals surface area (Å²) in [5, 5.41) is 9.85. The van der Waals surface area contributed by atoms with Gasteiger partial charge in [-0.15, -0.1) is 0 Å². The highest BCUT2D eigenvalue weighted by molar-refractivity contribution is 4.55. The Hall–Kier alpha value is -0.120. The third-order valence-electron chi connectivity index (χ3n) is 5.45. The maximum Gasteiger partial charge on any atom is 0.183 e. The van der Waals surface area contributed by atoms with Crippen molar-refractivity contribution in [3.8, 4) is 0 Å². The first-order chi connectivity index (χ1) is 13.7. The molecular formula is C25H52O3. The first kappa shape index (κ1) is 27.9. The number of rotatable bonds is 23. The van der Waals surface area contributed by atoms with Gasteiger partial charge in [0.25, 0.3) is 0 Å². The van der Waals surface area contributed by atoms with E-state index in [9.17, 15) is 5.11 Å². The number of aliphatic hydroxyl groups is 1. The average molecular weight is 401 g/mol. The van der Waals surface area contributed by atoms with E-state index in [-0.39, 0.29) is 0 Å². The summed E-state index contributed by atoms with van der Waals surface area (Å²) in [6.07, 6.45) is 22.6. The highest BCUT2D eigenvalue weighted by Crippen LogP contribution is 2.12. The van der Waals surface area contributed by atoms with Crippen LogP contribution in [0.1, 0.15) is 136 Å². The third kappa shape index (κ3) is 20.6. The quantitative estimate of drug-likeness (QED) is 0.140. The average Bonchev–Trinajstić information content (AvgIpc) is 2.68. The van der Waals surface area contributed by atoms with Crippen LogP contribution in [0.15, 0.2) is 0 Å². The third-order valence-corrected chi connectivity index (χ3v) is 5.45. The molecule has 0 aliphatic rings. The monoisotopic (exact) mass is 400 g/mol. The number of unbranched alkanes of at least 4 members (excludes halogenated alkanes) is 16. The van der Waals surface area contributed by atoms with Crippen LogP contribution in [-0.2, 0) is 9.47 Å². The van der Waals surface area contributed by atoms with Crippen LogP contribution in [0.5, 0.6) is 0 Å². The molecule has 3 nitrogen and oxygen atoms in total. The van der Waals surface area contributed by atoms with Gasteiger partial charge >= 0.3 is 0 Å². The van der Waals surface area contributed by atoms with Gasteiger partial charge in [-0.25, -0.2) is 0 Å². The van der Waals surface area contributed by atoms with Crippen molar-refractivity contribution >= 4 is 0 Å². The first-order valence-corrected chi connectivity index (χ1v) is 12.6. The van der Waals surface area contributed by atoms with Gasteiger partial charge in [-0.3, -0.25) is 0 Å². The summed E-state index contributed by atoms with van der Waals surface area (Å²) >= 11 is 0. The smallest absolute Gasteiger partial charge is 0.183 e. The summed E-state index contributed by atoms with van der Waals surface area (Å²) in [5.41, 5.74) is 0. The molecule has 0 aromatic heterocycles. The van der Waals surface area contributed by atoms with Crippen molar-refractivity contribution in [2.75, 3.05) is 13.2 Å². The van der Waals surface area contributed by atoms with Gasteiger partial charge in [-0.05, 0) is 19.8 Å². The van der Waals surface area contributed by atoms with E-state index in [1.807, 2.05) is 0 Å². The lowest BCUT2D eigenvalue weighted by Crippen LogP contribution is -2.30. The molecule has 0 aromatic rings. The van der Waals surface area contributed by atoms with Crippen LogP contribution in [0.3, 0.4) is 0 Å². The van der Waals surface area contributed by atoms with E-state index in [0.717, 1.165) is 12.8 Å². The Balaban J connectivity index is 3.44. The van der Waals surface area contributed by atoms with Crippen molar-refractivity contribution in [3.63, 3.8) is 0 Å². The summed E-state index contributed by atoms with van der Waals surface area (Å²) in [6, 6.07) is 0. The molecule has 0 heterocycles. The van der Waals surface area contributed by atoms with Gasteiger partial charge in [0.1, 0.15) is 6.10 Å². The molecular weight excluding hydrogens is 348 g/mol. The van der Waals surface area contributed by atoms with Crippen LogP contribution in [0.25, 0.3) is 0 Å². The topological polar surface area (TPSA) is 38.7 Å². The highest BCUT2D eigenvalue weighted by Gasteiger charge is 2.15. The predicted octanol–water partition coefficient (Wildman–Crippen LogP) is 7.79. The minimum Gasteiger partial charge on any atom is -0.388 e. The van der Waals surface area contributed by atoms with E-state index in [1.165, 1.54) is 103 Å². The van der Waals surface area contributed by atoms with Crippen molar-refractivity contribution in [2.24, 2.45) is 0 Å². The maximum absolute atomic E-state index is 9.85. The largest absolute Gasteiger partial charge is 0.388 e. The first-order valence-electron chi connectivity index (χ1n) is 12.6. The second kappa shape index (κ2) is 23.2. The van der Waals surface area contributed by atoms with Gasteiger partial charge in [0.05, 0.1) is 0 Å². The fourth-order valence-electron chi connectivity index (χ4n) is 3.55. The van der Waals surface area contributed by atoms with Gasteiger partial charge < -0.3 is 14.6 Å². The number of aliphatic hydroxyl groups excluding tert-OH is 1. The van der Waals surface area contributed by atoms with Crippen LogP contribution in [0.2, 0.25) is 0 Å². The molecule has 0 amide bonds. The maximum atomic E-state index is 9.85. The number of ether oxygens (including phenoxy) is 2. The van der Waals surface area contributed by atoms with Crippen molar-refractivity contribution in [3.05, 3.63) is 0 Å². The Morgan fingerprint density at radius 2 is 0.786 bits per heavy atom. The predicted molar refractivity (Wildman–Crippen MR) is 122 cm³/mol. The van der Waals surface area contributed by atoms with Gasteiger partial charge in [0.2, 0.25) is 0 Å². The standard InChI is InChI=1S/C25H52O3/c1-4-6-8-10-12-14-16-18-20-22-27-25(24(3)26)28-23-21-19-17-15-13-11-9-7-5-2/h24-26H,4-23H2,1-3H3.